The number of hydrogen-bond donors (Lipinski definition) is 0. The van der Waals surface area contributed by atoms with Gasteiger partial charge in [-0.05, 0) is 208 Å². The van der Waals surface area contributed by atoms with Crippen LogP contribution in [0.2, 0.25) is 0 Å². The van der Waals surface area contributed by atoms with E-state index in [4.69, 9.17) is 9.47 Å². The van der Waals surface area contributed by atoms with E-state index in [2.05, 4.69) is 128 Å². The van der Waals surface area contributed by atoms with E-state index in [1.54, 1.807) is 34.0 Å². The lowest BCUT2D eigenvalue weighted by atomic mass is 9.95. The Kier molecular flexibility index (Phi) is 39.4. The molecule has 1 aliphatic rings. The molecule has 97 heavy (non-hydrogen) atoms. The first-order chi connectivity index (χ1) is 47.7. The van der Waals surface area contributed by atoms with E-state index in [9.17, 15) is 21.0 Å². The van der Waals surface area contributed by atoms with E-state index < -0.39 is 0 Å². The van der Waals surface area contributed by atoms with Crippen molar-refractivity contribution in [2.24, 2.45) is 0 Å². The number of nitriles is 4. The van der Waals surface area contributed by atoms with Gasteiger partial charge in [-0.25, -0.2) is 0 Å². The Morgan fingerprint density at radius 3 is 0.629 bits per heavy atom. The normalized spacial score (nSPS) is 12.2. The maximum absolute atomic E-state index is 9.99. The average molecular weight is 1400 g/mol. The average Bonchev–Trinajstić information content (AvgIpc) is 1.66. The molecule has 5 aromatic rings. The van der Waals surface area contributed by atoms with Crippen molar-refractivity contribution in [2.75, 3.05) is 13.2 Å². The van der Waals surface area contributed by atoms with Gasteiger partial charge >= 0.3 is 0 Å². The van der Waals surface area contributed by atoms with Gasteiger partial charge < -0.3 is 9.47 Å². The molecule has 0 bridgehead atoms. The van der Waals surface area contributed by atoms with Crippen LogP contribution in [0.15, 0.2) is 11.1 Å². The molecule has 6 heterocycles. The number of unbranched alkanes of at least 4 members (excludes halogenated alkanes) is 24. The topological polar surface area (TPSA) is 114 Å². The van der Waals surface area contributed by atoms with Gasteiger partial charge in [0.05, 0.1) is 9.75 Å². The molecule has 0 spiro atoms. The Morgan fingerprint density at radius 2 is 0.433 bits per heavy atom. The Bertz CT molecular complexity index is 3260. The van der Waals surface area contributed by atoms with Gasteiger partial charge in [-0.1, -0.05) is 209 Å². The largest absolute Gasteiger partial charge is 0.485 e. The van der Waals surface area contributed by atoms with Gasteiger partial charge in [0.25, 0.3) is 0 Å². The molecule has 11 heteroatoms. The number of hydrogen-bond acceptors (Lipinski definition) is 11. The molecule has 0 amide bonds. The molecular formula is C86H118N4O2S5. The van der Waals surface area contributed by atoms with E-state index >= 15 is 0 Å². The second kappa shape index (κ2) is 47.5. The van der Waals surface area contributed by atoms with Crippen molar-refractivity contribution >= 4 is 117 Å². The smallest absolute Gasteiger partial charge is 0.180 e. The highest BCUT2D eigenvalue weighted by Gasteiger charge is 2.25. The third kappa shape index (κ3) is 25.9. The highest BCUT2D eigenvalue weighted by Crippen LogP contribution is 2.48. The Labute approximate surface area is 609 Å². The summed E-state index contributed by atoms with van der Waals surface area (Å²) in [6, 6.07) is 8.71. The molecule has 5 aromatic heterocycles. The summed E-state index contributed by atoms with van der Waals surface area (Å²) in [4.78, 5) is 12.3. The van der Waals surface area contributed by atoms with Crippen LogP contribution in [0.25, 0.3) is 60.8 Å². The fourth-order valence-electron chi connectivity index (χ4n) is 13.5. The predicted molar refractivity (Wildman–Crippen MR) is 429 cm³/mol. The van der Waals surface area contributed by atoms with Gasteiger partial charge in [0, 0.05) is 39.0 Å². The van der Waals surface area contributed by atoms with Crippen LogP contribution in [0.4, 0.5) is 0 Å². The van der Waals surface area contributed by atoms with Crippen molar-refractivity contribution < 1.29 is 9.47 Å². The molecule has 524 valence electrons. The third-order valence-electron chi connectivity index (χ3n) is 19.0. The van der Waals surface area contributed by atoms with Crippen LogP contribution in [0.3, 0.4) is 0 Å². The lowest BCUT2D eigenvalue weighted by molar-refractivity contribution is 0.173. The summed E-state index contributed by atoms with van der Waals surface area (Å²) in [7, 11) is 0. The fraction of sp³-hybridized carbons (Fsp3) is 0.581. The summed E-state index contributed by atoms with van der Waals surface area (Å²) in [5, 5.41) is 39.9. The molecule has 0 atom stereocenters. The zero-order valence-corrected chi connectivity index (χ0v) is 65.2. The maximum atomic E-state index is 9.99. The quantitative estimate of drug-likeness (QED) is 0.0283. The van der Waals surface area contributed by atoms with Crippen LogP contribution in [0, 0.1) is 45.3 Å². The second-order valence-electron chi connectivity index (χ2n) is 26.7. The van der Waals surface area contributed by atoms with Gasteiger partial charge in [0.2, 0.25) is 0 Å². The second-order valence-corrected chi connectivity index (χ2v) is 32.1. The van der Waals surface area contributed by atoms with Crippen LogP contribution >= 0.6 is 56.7 Å². The molecule has 0 saturated carbocycles. The Balaban J connectivity index is 1.48. The number of nitrogens with zero attached hydrogens (tertiary/aromatic N) is 4. The van der Waals surface area contributed by atoms with Gasteiger partial charge in [0.1, 0.15) is 48.6 Å². The van der Waals surface area contributed by atoms with E-state index in [0.29, 0.717) is 13.2 Å². The van der Waals surface area contributed by atoms with Crippen LogP contribution in [0.5, 0.6) is 11.5 Å². The summed E-state index contributed by atoms with van der Waals surface area (Å²) < 4.78 is 13.3. The summed E-state index contributed by atoms with van der Waals surface area (Å²) in [5.41, 5.74) is 11.9. The molecule has 6 rings (SSSR count). The highest BCUT2D eigenvalue weighted by atomic mass is 32.1. The molecule has 1 aliphatic heterocycles. The van der Waals surface area contributed by atoms with E-state index in [-0.39, 0.29) is 11.1 Å². The first-order valence-electron chi connectivity index (χ1n) is 38.5. The summed E-state index contributed by atoms with van der Waals surface area (Å²) in [5.74, 6) is 1.71. The zero-order valence-electron chi connectivity index (χ0n) is 61.1. The molecular weight excluding hydrogens is 1280 g/mol. The van der Waals surface area contributed by atoms with Crippen molar-refractivity contribution in [2.45, 2.75) is 312 Å². The minimum Gasteiger partial charge on any atom is -0.485 e. The van der Waals surface area contributed by atoms with E-state index in [1.807, 2.05) is 34.8 Å². The monoisotopic (exact) mass is 1400 g/mol. The summed E-state index contributed by atoms with van der Waals surface area (Å²) >= 11 is 9.23. The molecule has 0 radical (unpaired) electrons. The number of rotatable bonds is 50. The van der Waals surface area contributed by atoms with Crippen molar-refractivity contribution in [3.8, 4) is 35.8 Å². The molecule has 6 nitrogen and oxygen atoms in total. The SMILES string of the molecule is CCCCCCc1c(C=Cc2sc(/C=C/c3sc(/C=C/c4sc(/C=C/c5sc(C=C(C#N)C#N)c(CCCCCC)c5CCCCCC)c(CCCCCC)c4CCCCCC)c4c3OCCO4)c(CCCCCC)c2CCCCCC)sc(C=C(C#N)C#N)c1CCCCCC. The number of thiophene rings is 5. The van der Waals surface area contributed by atoms with Crippen molar-refractivity contribution in [1.82, 2.24) is 0 Å². The Morgan fingerprint density at radius 1 is 0.258 bits per heavy atom. The maximum Gasteiger partial charge on any atom is 0.180 e. The summed E-state index contributed by atoms with van der Waals surface area (Å²) in [6.45, 7) is 19.4. The first-order valence-corrected chi connectivity index (χ1v) is 42.5. The minimum atomic E-state index is 0.177. The molecule has 0 fully saturated rings. The van der Waals surface area contributed by atoms with Crippen LogP contribution in [-0.4, -0.2) is 13.2 Å². The van der Waals surface area contributed by atoms with Crippen LogP contribution in [-0.2, 0) is 51.4 Å². The lowest BCUT2D eigenvalue weighted by Crippen LogP contribution is -2.14. The minimum absolute atomic E-state index is 0.177. The van der Waals surface area contributed by atoms with Crippen LogP contribution < -0.4 is 9.47 Å². The first kappa shape index (κ1) is 80.5. The third-order valence-corrected chi connectivity index (χ3v) is 24.9. The van der Waals surface area contributed by atoms with E-state index in [1.165, 1.54) is 254 Å². The van der Waals surface area contributed by atoms with Gasteiger partial charge in [0.15, 0.2) is 11.5 Å². The van der Waals surface area contributed by atoms with Gasteiger partial charge in [-0.3, -0.25) is 0 Å². The number of allylic oxidation sites excluding steroid dienone is 2. The zero-order chi connectivity index (χ0) is 69.2. The van der Waals surface area contributed by atoms with Crippen molar-refractivity contribution in [3.05, 3.63) is 104 Å². The van der Waals surface area contributed by atoms with Gasteiger partial charge in [-0.2, -0.15) is 21.0 Å². The molecule has 0 unspecified atom stereocenters. The van der Waals surface area contributed by atoms with Crippen molar-refractivity contribution in [1.29, 1.82) is 21.0 Å². The molecule has 0 aromatic carbocycles. The molecule has 0 saturated heterocycles. The predicted octanol–water partition coefficient (Wildman–Crippen LogP) is 28.3. The Hall–Kier alpha value is -5.50. The number of ether oxygens (including phenoxy) is 2. The standard InChI is InChI=1S/C86H118N4O2S5/c1-9-17-25-33-41-67-69(43-35-27-19-11-3)77(93-75(67)49-51-79-71(45-37-29-21-13-5)73(47-39-31-23-15-7)83(95-79)59-65(61-87)62-88)53-55-81-85-86(92-58-57-91-85)82(97-81)56-54-78-70(44-36-28-20-12-4)68(42-34-26-18-10-2)76(94-78)50-52-80-72(46-38-30-22-14-6)74(48-40-32-24-16-8)84(96-80)60-66(63-89)64-90/h49-56,59-60H,9-48,57-58H2,1-8H3/b51-49+,52-50?,55-53+,56-54+. The fourth-order valence-corrected chi connectivity index (χ4v) is 19.4. The molecule has 0 N–H and O–H groups in total. The summed E-state index contributed by atoms with van der Waals surface area (Å²) in [6.07, 6.45) is 69.4. The van der Waals surface area contributed by atoms with E-state index in [0.717, 1.165) is 108 Å². The highest BCUT2D eigenvalue weighted by molar-refractivity contribution is 7.16. The van der Waals surface area contributed by atoms with Gasteiger partial charge in [-0.15, -0.1) is 56.7 Å². The van der Waals surface area contributed by atoms with Crippen molar-refractivity contribution in [3.63, 3.8) is 0 Å². The van der Waals surface area contributed by atoms with Crippen LogP contribution in [0.1, 0.15) is 354 Å². The lowest BCUT2D eigenvalue weighted by Gasteiger charge is -2.16. The molecule has 0 aliphatic carbocycles. The number of fused-ring (bicyclic) bond motifs is 1.